The Morgan fingerprint density at radius 2 is 0.620 bits per heavy atom. The van der Waals surface area contributed by atoms with E-state index in [4.69, 9.17) is 9.47 Å². The van der Waals surface area contributed by atoms with Crippen LogP contribution in [0.4, 0.5) is 0 Å². The molecular weight excluding hydrogens is 956 g/mol. The third-order valence-electron chi connectivity index (χ3n) is 17.5. The number of ether oxygens (including phenoxy) is 2. The molecule has 3 heteroatoms. The number of hydrogen-bond acceptors (Lipinski definition) is 2. The second kappa shape index (κ2) is 18.6. The molecule has 0 radical (unpaired) electrons. The van der Waals surface area contributed by atoms with Gasteiger partial charge in [0.1, 0.15) is 23.0 Å². The Hall–Kier alpha value is -8.40. The van der Waals surface area contributed by atoms with E-state index < -0.39 is 0 Å². The van der Waals surface area contributed by atoms with Gasteiger partial charge in [-0.1, -0.05) is 251 Å². The van der Waals surface area contributed by atoms with Gasteiger partial charge in [-0.15, -0.1) is 0 Å². The highest BCUT2D eigenvalue weighted by Gasteiger charge is 2.42. The summed E-state index contributed by atoms with van der Waals surface area (Å²) in [4.78, 5) is 0. The predicted octanol–water partition coefficient (Wildman–Crippen LogP) is 18.6. The summed E-state index contributed by atoms with van der Waals surface area (Å²) in [5, 5.41) is 4.89. The van der Waals surface area contributed by atoms with Crippen LogP contribution in [0.1, 0.15) is 103 Å². The topological polar surface area (TPSA) is 18.5 Å². The maximum Gasteiger partial charge on any atom is 0.260 e. The quantitative estimate of drug-likeness (QED) is 0.112. The van der Waals surface area contributed by atoms with Crippen molar-refractivity contribution >= 4 is 44.6 Å². The van der Waals surface area contributed by atoms with Gasteiger partial charge in [-0.3, -0.25) is 0 Å². The molecule has 0 aliphatic carbocycles. The molecule has 0 amide bonds. The maximum atomic E-state index is 7.34. The molecule has 0 spiro atoms. The first-order valence-corrected chi connectivity index (χ1v) is 28.2. The molecule has 0 atom stereocenters. The van der Waals surface area contributed by atoms with E-state index in [1.54, 1.807) is 0 Å². The normalized spacial score (nSPS) is 13.1. The SMILES string of the molecule is CC(C)(C)c1cc(-c2cc(-c3cc4c5c(c3)Oc3cc(C(C)(C)c6ccccc6)ccc3B5c3ccc(C(C)(C)c5ccccc5)cc3O4)cc(-c3c4ccccc4c(-c4ccccc4)c4ccccc34)c2)cc(C(C)(C)C)c1. The van der Waals surface area contributed by atoms with Crippen LogP contribution in [0.25, 0.3) is 66.1 Å². The zero-order valence-electron chi connectivity index (χ0n) is 47.3. The van der Waals surface area contributed by atoms with Crippen molar-refractivity contribution in [3.63, 3.8) is 0 Å². The molecule has 0 bridgehead atoms. The van der Waals surface area contributed by atoms with E-state index in [0.29, 0.717) is 0 Å². The fourth-order valence-electron chi connectivity index (χ4n) is 12.6. The highest BCUT2D eigenvalue weighted by molar-refractivity contribution is 6.98. The Bertz CT molecular complexity index is 3980. The van der Waals surface area contributed by atoms with Gasteiger partial charge >= 0.3 is 0 Å². The zero-order valence-corrected chi connectivity index (χ0v) is 47.3. The predicted molar refractivity (Wildman–Crippen MR) is 335 cm³/mol. The van der Waals surface area contributed by atoms with E-state index in [2.05, 4.69) is 294 Å². The van der Waals surface area contributed by atoms with Gasteiger partial charge in [0.2, 0.25) is 0 Å². The molecule has 0 aromatic heterocycles. The molecular formula is C76H67BO2. The third-order valence-corrected chi connectivity index (χ3v) is 17.5. The first kappa shape index (κ1) is 50.1. The van der Waals surface area contributed by atoms with Crippen LogP contribution in [0.15, 0.2) is 224 Å². The van der Waals surface area contributed by atoms with E-state index in [0.717, 1.165) is 61.6 Å². The summed E-state index contributed by atoms with van der Waals surface area (Å²) >= 11 is 0. The first-order chi connectivity index (χ1) is 37.9. The number of benzene rings is 11. The fourth-order valence-corrected chi connectivity index (χ4v) is 12.6. The summed E-state index contributed by atoms with van der Waals surface area (Å²) in [6.07, 6.45) is 0. The van der Waals surface area contributed by atoms with E-state index in [1.807, 2.05) is 0 Å². The van der Waals surface area contributed by atoms with Gasteiger partial charge in [0.15, 0.2) is 0 Å². The smallest absolute Gasteiger partial charge is 0.260 e. The highest BCUT2D eigenvalue weighted by atomic mass is 16.5. The van der Waals surface area contributed by atoms with Crippen LogP contribution in [0.2, 0.25) is 0 Å². The van der Waals surface area contributed by atoms with Crippen molar-refractivity contribution in [3.8, 4) is 67.5 Å². The molecule has 79 heavy (non-hydrogen) atoms. The molecule has 0 N–H and O–H groups in total. The highest BCUT2D eigenvalue weighted by Crippen LogP contribution is 2.48. The maximum absolute atomic E-state index is 7.34. The minimum atomic E-state index is -0.264. The van der Waals surface area contributed by atoms with Gasteiger partial charge in [0, 0.05) is 16.3 Å². The van der Waals surface area contributed by atoms with Crippen LogP contribution in [-0.4, -0.2) is 6.71 Å². The summed E-state index contributed by atoms with van der Waals surface area (Å²) in [7, 11) is 0. The Labute approximate surface area is 467 Å². The Morgan fingerprint density at radius 3 is 1.04 bits per heavy atom. The summed E-state index contributed by atoms with van der Waals surface area (Å²) in [5.41, 5.74) is 19.5. The Balaban J connectivity index is 1.07. The lowest BCUT2D eigenvalue weighted by Gasteiger charge is -2.35. The van der Waals surface area contributed by atoms with E-state index in [1.165, 1.54) is 77.2 Å². The molecule has 0 fully saturated rings. The molecule has 2 aliphatic heterocycles. The molecule has 0 saturated heterocycles. The van der Waals surface area contributed by atoms with Crippen molar-refractivity contribution in [2.75, 3.05) is 0 Å². The van der Waals surface area contributed by atoms with Gasteiger partial charge < -0.3 is 9.47 Å². The Kier molecular flexibility index (Phi) is 11.8. The van der Waals surface area contributed by atoms with Crippen LogP contribution in [0, 0.1) is 0 Å². The van der Waals surface area contributed by atoms with Gasteiger partial charge in [0.25, 0.3) is 6.71 Å². The third kappa shape index (κ3) is 8.67. The summed E-state index contributed by atoms with van der Waals surface area (Å²) in [6, 6.07) is 83.4. The van der Waals surface area contributed by atoms with Crippen molar-refractivity contribution in [2.24, 2.45) is 0 Å². The second-order valence-electron chi connectivity index (χ2n) is 25.3. The van der Waals surface area contributed by atoms with Crippen LogP contribution in [-0.2, 0) is 21.7 Å². The van der Waals surface area contributed by atoms with Crippen LogP contribution in [0.3, 0.4) is 0 Å². The standard InChI is InChI=1S/C76H67BO2/c1-73(2,3)58-41-51(42-59(45-58)74(4,5)6)49-38-50(40-53(39-49)71-62-32-22-20-30-60(62)70(48-24-14-11-15-25-48)61-31-21-23-33-63(61)71)52-43-68-72-69(44-52)79-67-47-57(76(9,10)55-28-18-13-19-29-55)35-37-65(67)77(72)64-36-34-56(46-66(64)78-68)75(7,8)54-26-16-12-17-27-54/h11-47H,1-10H3. The molecule has 386 valence electrons. The summed E-state index contributed by atoms with van der Waals surface area (Å²) in [6.45, 7) is 23.1. The van der Waals surface area contributed by atoms with Crippen molar-refractivity contribution in [1.29, 1.82) is 0 Å². The molecule has 2 nitrogen and oxygen atoms in total. The minimum absolute atomic E-state index is 0.0680. The van der Waals surface area contributed by atoms with Gasteiger partial charge in [-0.05, 0) is 164 Å². The number of hydrogen-bond donors (Lipinski definition) is 0. The van der Waals surface area contributed by atoms with Crippen LogP contribution < -0.4 is 25.9 Å². The minimum Gasteiger partial charge on any atom is -0.458 e. The fraction of sp³-hybridized carbons (Fsp3) is 0.184. The monoisotopic (exact) mass is 1020 g/mol. The van der Waals surface area contributed by atoms with E-state index >= 15 is 0 Å². The largest absolute Gasteiger partial charge is 0.458 e. The summed E-state index contributed by atoms with van der Waals surface area (Å²) in [5.74, 6) is 3.39. The van der Waals surface area contributed by atoms with Crippen molar-refractivity contribution in [1.82, 2.24) is 0 Å². The zero-order chi connectivity index (χ0) is 54.6. The molecule has 0 saturated carbocycles. The lowest BCUT2D eigenvalue weighted by atomic mass is 9.34. The van der Waals surface area contributed by atoms with Gasteiger partial charge in [0.05, 0.1) is 0 Å². The molecule has 2 aliphatic rings. The van der Waals surface area contributed by atoms with Gasteiger partial charge in [-0.2, -0.15) is 0 Å². The van der Waals surface area contributed by atoms with Gasteiger partial charge in [-0.25, -0.2) is 0 Å². The number of fused-ring (bicyclic) bond motifs is 6. The average Bonchev–Trinajstić information content (AvgIpc) is 3.48. The summed E-state index contributed by atoms with van der Waals surface area (Å²) < 4.78 is 14.7. The first-order valence-electron chi connectivity index (χ1n) is 28.2. The van der Waals surface area contributed by atoms with Crippen LogP contribution >= 0.6 is 0 Å². The van der Waals surface area contributed by atoms with E-state index in [-0.39, 0.29) is 28.4 Å². The Morgan fingerprint density at radius 1 is 0.266 bits per heavy atom. The average molecular weight is 1020 g/mol. The molecule has 2 heterocycles. The van der Waals surface area contributed by atoms with Crippen molar-refractivity contribution in [2.45, 2.75) is 90.9 Å². The van der Waals surface area contributed by atoms with Crippen molar-refractivity contribution < 1.29 is 9.47 Å². The lowest BCUT2D eigenvalue weighted by Crippen LogP contribution is -2.57. The molecule has 13 rings (SSSR count). The van der Waals surface area contributed by atoms with Crippen LogP contribution in [0.5, 0.6) is 23.0 Å². The molecule has 11 aromatic carbocycles. The van der Waals surface area contributed by atoms with Crippen molar-refractivity contribution in [3.05, 3.63) is 258 Å². The van der Waals surface area contributed by atoms with E-state index in [9.17, 15) is 0 Å². The number of rotatable bonds is 8. The second-order valence-corrected chi connectivity index (χ2v) is 25.3. The molecule has 0 unspecified atom stereocenters. The molecule has 11 aromatic rings. The lowest BCUT2D eigenvalue weighted by molar-refractivity contribution is 0.462.